The molecule has 0 aliphatic carbocycles. The van der Waals surface area contributed by atoms with Gasteiger partial charge in [-0.15, -0.1) is 0 Å². The van der Waals surface area contributed by atoms with Crippen molar-refractivity contribution in [3.8, 4) is 0 Å². The van der Waals surface area contributed by atoms with Crippen molar-refractivity contribution in [1.82, 2.24) is 14.9 Å². The van der Waals surface area contributed by atoms with Crippen LogP contribution in [0, 0.1) is 5.41 Å². The summed E-state index contributed by atoms with van der Waals surface area (Å²) in [6, 6.07) is 14.1. The Hall–Kier alpha value is -2.86. The molecule has 29 heavy (non-hydrogen) atoms. The number of anilines is 1. The molecule has 2 aliphatic rings. The first kappa shape index (κ1) is 18.2. The van der Waals surface area contributed by atoms with Crippen molar-refractivity contribution in [2.24, 2.45) is 5.41 Å². The summed E-state index contributed by atoms with van der Waals surface area (Å²) in [5.74, 6) is 0.0810. The van der Waals surface area contributed by atoms with Crippen LogP contribution in [-0.2, 0) is 4.74 Å². The molecule has 0 saturated carbocycles. The van der Waals surface area contributed by atoms with Crippen LogP contribution in [0.1, 0.15) is 23.3 Å². The molecule has 2 aliphatic heterocycles. The zero-order valence-electron chi connectivity index (χ0n) is 16.5. The van der Waals surface area contributed by atoms with E-state index in [9.17, 15) is 4.79 Å². The van der Waals surface area contributed by atoms with E-state index in [1.165, 1.54) is 0 Å². The van der Waals surface area contributed by atoms with E-state index >= 15 is 0 Å². The lowest BCUT2D eigenvalue weighted by Crippen LogP contribution is -2.52. The molecule has 1 aromatic carbocycles. The van der Waals surface area contributed by atoms with Gasteiger partial charge in [0.15, 0.2) is 0 Å². The van der Waals surface area contributed by atoms with Gasteiger partial charge >= 0.3 is 0 Å². The number of aromatic amines is 1. The first-order chi connectivity index (χ1) is 14.2. The zero-order chi connectivity index (χ0) is 19.7. The van der Waals surface area contributed by atoms with Gasteiger partial charge in [0.05, 0.1) is 25.1 Å². The number of para-hydroxylation sites is 1. The lowest BCUT2D eigenvalue weighted by molar-refractivity contribution is 0.0133. The number of rotatable bonds is 2. The number of carbonyl (C=O) groups is 1. The van der Waals surface area contributed by atoms with E-state index in [1.54, 1.807) is 6.20 Å². The van der Waals surface area contributed by atoms with E-state index in [1.807, 2.05) is 47.5 Å². The van der Waals surface area contributed by atoms with Gasteiger partial charge in [-0.2, -0.15) is 0 Å². The third-order valence-electron chi connectivity index (χ3n) is 6.16. The van der Waals surface area contributed by atoms with Crippen molar-refractivity contribution in [1.29, 1.82) is 0 Å². The third kappa shape index (κ3) is 3.60. The minimum atomic E-state index is -0.0493. The fraction of sp³-hybridized carbons (Fsp3) is 0.391. The first-order valence-corrected chi connectivity index (χ1v) is 10.3. The van der Waals surface area contributed by atoms with Crippen LogP contribution in [0.2, 0.25) is 0 Å². The fourth-order valence-corrected chi connectivity index (χ4v) is 4.74. The fourth-order valence-electron chi connectivity index (χ4n) is 4.74. The van der Waals surface area contributed by atoms with Gasteiger partial charge in [0.25, 0.3) is 5.91 Å². The number of piperidine rings is 1. The molecule has 6 heteroatoms. The predicted octanol–water partition coefficient (Wildman–Crippen LogP) is 3.32. The van der Waals surface area contributed by atoms with E-state index in [0.29, 0.717) is 18.9 Å². The van der Waals surface area contributed by atoms with Gasteiger partial charge in [-0.3, -0.25) is 9.78 Å². The summed E-state index contributed by atoms with van der Waals surface area (Å²) in [5, 5.41) is 1.07. The number of nitrogens with zero attached hydrogens (tertiary/aromatic N) is 3. The van der Waals surface area contributed by atoms with Crippen LogP contribution in [0.25, 0.3) is 10.9 Å². The lowest BCUT2D eigenvalue weighted by Gasteiger charge is -2.43. The molecule has 4 heterocycles. The number of nitrogens with one attached hydrogen (secondary N) is 1. The summed E-state index contributed by atoms with van der Waals surface area (Å²) in [5.41, 5.74) is 2.74. The Morgan fingerprint density at radius 1 is 1.14 bits per heavy atom. The van der Waals surface area contributed by atoms with Crippen LogP contribution < -0.4 is 4.90 Å². The number of likely N-dealkylation sites (tertiary alicyclic amines) is 1. The number of H-pyrrole nitrogens is 1. The molecule has 0 radical (unpaired) electrons. The van der Waals surface area contributed by atoms with E-state index in [4.69, 9.17) is 4.74 Å². The van der Waals surface area contributed by atoms with E-state index in [2.05, 4.69) is 20.9 Å². The zero-order valence-corrected chi connectivity index (χ0v) is 16.5. The number of fused-ring (bicyclic) bond motifs is 1. The maximum atomic E-state index is 13.3. The van der Waals surface area contributed by atoms with Crippen LogP contribution in [0.3, 0.4) is 0 Å². The first-order valence-electron chi connectivity index (χ1n) is 10.3. The molecule has 3 aromatic rings. The number of aromatic nitrogens is 2. The summed E-state index contributed by atoms with van der Waals surface area (Å²) in [7, 11) is 0. The topological polar surface area (TPSA) is 61.5 Å². The molecule has 0 bridgehead atoms. The summed E-state index contributed by atoms with van der Waals surface area (Å²) >= 11 is 0. The van der Waals surface area contributed by atoms with Crippen molar-refractivity contribution >= 4 is 22.5 Å². The normalized spacial score (nSPS) is 22.8. The highest BCUT2D eigenvalue weighted by Gasteiger charge is 2.40. The summed E-state index contributed by atoms with van der Waals surface area (Å²) < 4.78 is 6.01. The SMILES string of the molecule is O=C(c1cc2ccccc2[nH]1)N1CCC[C@@]2(COCCN(c3cccnc3)C2)C1. The van der Waals surface area contributed by atoms with Gasteiger partial charge in [-0.25, -0.2) is 0 Å². The number of hydrogen-bond donors (Lipinski definition) is 1. The number of hydrogen-bond acceptors (Lipinski definition) is 4. The third-order valence-corrected chi connectivity index (χ3v) is 6.16. The summed E-state index contributed by atoms with van der Waals surface area (Å²) in [4.78, 5) is 25.2. The minimum Gasteiger partial charge on any atom is -0.379 e. The number of pyridine rings is 1. The number of amides is 1. The van der Waals surface area contributed by atoms with E-state index in [-0.39, 0.29) is 11.3 Å². The van der Waals surface area contributed by atoms with Gasteiger partial charge in [-0.05, 0) is 37.1 Å². The number of benzene rings is 1. The van der Waals surface area contributed by atoms with Gasteiger partial charge in [-0.1, -0.05) is 18.2 Å². The van der Waals surface area contributed by atoms with Crippen molar-refractivity contribution in [2.45, 2.75) is 12.8 Å². The highest BCUT2D eigenvalue weighted by atomic mass is 16.5. The summed E-state index contributed by atoms with van der Waals surface area (Å²) in [6.45, 7) is 4.65. The molecule has 5 rings (SSSR count). The summed E-state index contributed by atoms with van der Waals surface area (Å²) in [6.07, 6.45) is 5.78. The standard InChI is InChI=1S/C23H26N4O2/c28-22(21-13-18-5-1-2-7-20(18)25-21)27-10-4-8-23(16-27)15-26(11-12-29-17-23)19-6-3-9-24-14-19/h1-3,5-7,9,13-14,25H,4,8,10-12,15-17H2/t23-/m0/s1. The smallest absolute Gasteiger partial charge is 0.270 e. The molecule has 1 N–H and O–H groups in total. The quantitative estimate of drug-likeness (QED) is 0.729. The average molecular weight is 390 g/mol. The molecule has 150 valence electrons. The highest BCUT2D eigenvalue weighted by Crippen LogP contribution is 2.35. The Kier molecular flexibility index (Phi) is 4.72. The van der Waals surface area contributed by atoms with Crippen molar-refractivity contribution < 1.29 is 9.53 Å². The second-order valence-corrected chi connectivity index (χ2v) is 8.29. The molecule has 6 nitrogen and oxygen atoms in total. The van der Waals surface area contributed by atoms with Gasteiger partial charge in [0.2, 0.25) is 0 Å². The second-order valence-electron chi connectivity index (χ2n) is 8.29. The lowest BCUT2D eigenvalue weighted by atomic mass is 9.80. The minimum absolute atomic E-state index is 0.0493. The Labute approximate surface area is 170 Å². The monoisotopic (exact) mass is 390 g/mol. The van der Waals surface area contributed by atoms with Crippen LogP contribution in [0.15, 0.2) is 54.9 Å². The molecular weight excluding hydrogens is 364 g/mol. The number of carbonyl (C=O) groups excluding carboxylic acids is 1. The van der Waals surface area contributed by atoms with Crippen molar-refractivity contribution in [2.75, 3.05) is 44.3 Å². The van der Waals surface area contributed by atoms with Crippen LogP contribution in [-0.4, -0.2) is 60.2 Å². The Morgan fingerprint density at radius 3 is 2.93 bits per heavy atom. The maximum Gasteiger partial charge on any atom is 0.270 e. The molecule has 2 saturated heterocycles. The van der Waals surface area contributed by atoms with Crippen LogP contribution in [0.5, 0.6) is 0 Å². The predicted molar refractivity (Wildman–Crippen MR) is 113 cm³/mol. The molecule has 1 spiro atoms. The van der Waals surface area contributed by atoms with Gasteiger partial charge in [0.1, 0.15) is 5.69 Å². The molecule has 1 atom stereocenters. The van der Waals surface area contributed by atoms with E-state index in [0.717, 1.165) is 55.6 Å². The average Bonchev–Trinajstić information content (AvgIpc) is 3.10. The van der Waals surface area contributed by atoms with Crippen molar-refractivity contribution in [3.05, 3.63) is 60.6 Å². The molecular formula is C23H26N4O2. The number of ether oxygens (including phenoxy) is 1. The van der Waals surface area contributed by atoms with Gasteiger partial charge < -0.3 is 19.5 Å². The largest absolute Gasteiger partial charge is 0.379 e. The maximum absolute atomic E-state index is 13.3. The van der Waals surface area contributed by atoms with Crippen LogP contribution in [0.4, 0.5) is 5.69 Å². The van der Waals surface area contributed by atoms with Gasteiger partial charge in [0, 0.05) is 48.7 Å². The molecule has 2 fully saturated rings. The van der Waals surface area contributed by atoms with Crippen molar-refractivity contribution in [3.63, 3.8) is 0 Å². The van der Waals surface area contributed by atoms with Crippen LogP contribution >= 0.6 is 0 Å². The Balaban J connectivity index is 1.37. The Morgan fingerprint density at radius 2 is 2.07 bits per heavy atom. The molecule has 1 amide bonds. The Bertz CT molecular complexity index is 969. The molecule has 0 unspecified atom stereocenters. The molecule has 2 aromatic heterocycles. The van der Waals surface area contributed by atoms with E-state index < -0.39 is 0 Å². The second kappa shape index (κ2) is 7.52. The highest BCUT2D eigenvalue weighted by molar-refractivity contribution is 5.98.